The zero-order valence-corrected chi connectivity index (χ0v) is 16.6. The molecule has 7 heteroatoms. The average Bonchev–Trinajstić information content (AvgIpc) is 2.57. The molecule has 2 aromatic rings. The molecule has 0 aliphatic carbocycles. The Bertz CT molecular complexity index is 697. The first-order valence-corrected chi connectivity index (χ1v) is 7.52. The minimum absolute atomic E-state index is 0. The van der Waals surface area contributed by atoms with Gasteiger partial charge in [0.05, 0.1) is 7.11 Å². The van der Waals surface area contributed by atoms with E-state index in [2.05, 4.69) is 15.6 Å². The second-order valence-corrected chi connectivity index (χ2v) is 5.26. The van der Waals surface area contributed by atoms with E-state index >= 15 is 0 Å². The number of guanidine groups is 1. The highest BCUT2D eigenvalue weighted by Gasteiger charge is 2.06. The molecule has 0 saturated carbocycles. The van der Waals surface area contributed by atoms with Crippen molar-refractivity contribution in [3.8, 4) is 5.75 Å². The second kappa shape index (κ2) is 10.4. The summed E-state index contributed by atoms with van der Waals surface area (Å²) in [5.74, 6) is 1.04. The van der Waals surface area contributed by atoms with Crippen molar-refractivity contribution in [2.45, 2.75) is 13.1 Å². The monoisotopic (exact) mass is 463 g/mol. The molecular weight excluding hydrogens is 444 g/mol. The van der Waals surface area contributed by atoms with E-state index in [1.807, 2.05) is 6.07 Å². The minimum atomic E-state index is -0.241. The largest absolute Gasteiger partial charge is 0.496 e. The number of benzene rings is 2. The predicted molar refractivity (Wildman–Crippen MR) is 107 cm³/mol. The van der Waals surface area contributed by atoms with E-state index in [9.17, 15) is 4.39 Å². The van der Waals surface area contributed by atoms with Crippen molar-refractivity contribution in [3.63, 3.8) is 0 Å². The zero-order valence-electron chi connectivity index (χ0n) is 13.5. The Morgan fingerprint density at radius 1 is 1.12 bits per heavy atom. The highest BCUT2D eigenvalue weighted by molar-refractivity contribution is 14.0. The standard InChI is InChI=1S/C17H19ClFN3O.HI/c1-20-17(21-10-12-5-3-4-6-15(12)19)22-11-13-7-8-14(18)9-16(13)23-2;/h3-9H,10-11H2,1-2H3,(H2,20,21,22);1H. The third kappa shape index (κ3) is 5.83. The first-order valence-electron chi connectivity index (χ1n) is 7.14. The summed E-state index contributed by atoms with van der Waals surface area (Å²) in [6.07, 6.45) is 0. The molecule has 0 spiro atoms. The number of nitrogens with zero attached hydrogens (tertiary/aromatic N) is 1. The Morgan fingerprint density at radius 3 is 2.42 bits per heavy atom. The summed E-state index contributed by atoms with van der Waals surface area (Å²) in [5, 5.41) is 6.86. The lowest BCUT2D eigenvalue weighted by Gasteiger charge is -2.14. The van der Waals surface area contributed by atoms with E-state index < -0.39 is 0 Å². The number of halogens is 3. The fourth-order valence-electron chi connectivity index (χ4n) is 2.08. The summed E-state index contributed by atoms with van der Waals surface area (Å²) in [6, 6.07) is 12.1. The SMILES string of the molecule is CN=C(NCc1ccccc1F)NCc1ccc(Cl)cc1OC.I. The lowest BCUT2D eigenvalue weighted by molar-refractivity contribution is 0.409. The van der Waals surface area contributed by atoms with Gasteiger partial charge in [-0.25, -0.2) is 4.39 Å². The van der Waals surface area contributed by atoms with Gasteiger partial charge >= 0.3 is 0 Å². The molecular formula is C17H20ClFIN3O. The molecule has 0 radical (unpaired) electrons. The molecule has 0 saturated heterocycles. The molecule has 0 bridgehead atoms. The Morgan fingerprint density at radius 2 is 1.79 bits per heavy atom. The van der Waals surface area contributed by atoms with Crippen LogP contribution < -0.4 is 15.4 Å². The molecule has 0 atom stereocenters. The van der Waals surface area contributed by atoms with E-state index in [0.29, 0.717) is 35.4 Å². The Hall–Kier alpha value is -1.54. The second-order valence-electron chi connectivity index (χ2n) is 4.83. The first kappa shape index (κ1) is 20.5. The highest BCUT2D eigenvalue weighted by Crippen LogP contribution is 2.22. The molecule has 0 aliphatic rings. The molecule has 24 heavy (non-hydrogen) atoms. The van der Waals surface area contributed by atoms with Crippen LogP contribution in [0.5, 0.6) is 5.75 Å². The summed E-state index contributed by atoms with van der Waals surface area (Å²) in [4.78, 5) is 4.13. The third-order valence-electron chi connectivity index (χ3n) is 3.32. The van der Waals surface area contributed by atoms with Crippen molar-refractivity contribution in [2.75, 3.05) is 14.2 Å². The van der Waals surface area contributed by atoms with E-state index in [1.165, 1.54) is 6.07 Å². The topological polar surface area (TPSA) is 45.7 Å². The van der Waals surface area contributed by atoms with E-state index in [4.69, 9.17) is 16.3 Å². The van der Waals surface area contributed by atoms with Gasteiger partial charge in [0.15, 0.2) is 5.96 Å². The summed E-state index contributed by atoms with van der Waals surface area (Å²) >= 11 is 5.95. The first-order chi connectivity index (χ1) is 11.1. The highest BCUT2D eigenvalue weighted by atomic mass is 127. The maximum atomic E-state index is 13.6. The van der Waals surface area contributed by atoms with Crippen LogP contribution in [0, 0.1) is 5.82 Å². The Balaban J connectivity index is 0.00000288. The molecule has 0 aromatic heterocycles. The molecule has 0 heterocycles. The third-order valence-corrected chi connectivity index (χ3v) is 3.56. The van der Waals surface area contributed by atoms with Crippen LogP contribution in [0.2, 0.25) is 5.02 Å². The average molecular weight is 464 g/mol. The van der Waals surface area contributed by atoms with Gasteiger partial charge in [-0.05, 0) is 18.2 Å². The van der Waals surface area contributed by atoms with Crippen LogP contribution in [-0.4, -0.2) is 20.1 Å². The fraction of sp³-hybridized carbons (Fsp3) is 0.235. The van der Waals surface area contributed by atoms with Crippen molar-refractivity contribution in [3.05, 3.63) is 64.4 Å². The van der Waals surface area contributed by atoms with Crippen LogP contribution >= 0.6 is 35.6 Å². The fourth-order valence-corrected chi connectivity index (χ4v) is 2.25. The molecule has 2 N–H and O–H groups in total. The number of hydrogen-bond acceptors (Lipinski definition) is 2. The van der Waals surface area contributed by atoms with Gasteiger partial charge in [-0.3, -0.25) is 4.99 Å². The van der Waals surface area contributed by atoms with Gasteiger partial charge in [0, 0.05) is 36.3 Å². The van der Waals surface area contributed by atoms with Crippen LogP contribution in [0.1, 0.15) is 11.1 Å². The minimum Gasteiger partial charge on any atom is -0.496 e. The summed E-state index contributed by atoms with van der Waals surface area (Å²) < 4.78 is 18.9. The molecule has 0 aliphatic heterocycles. The molecule has 2 aromatic carbocycles. The molecule has 130 valence electrons. The summed E-state index contributed by atoms with van der Waals surface area (Å²) in [5.41, 5.74) is 1.53. The van der Waals surface area contributed by atoms with Gasteiger partial charge in [-0.2, -0.15) is 0 Å². The number of nitrogens with one attached hydrogen (secondary N) is 2. The quantitative estimate of drug-likeness (QED) is 0.401. The summed E-state index contributed by atoms with van der Waals surface area (Å²) in [6.45, 7) is 0.862. The number of rotatable bonds is 5. The van der Waals surface area contributed by atoms with Gasteiger partial charge in [0.25, 0.3) is 0 Å². The van der Waals surface area contributed by atoms with Crippen molar-refractivity contribution in [1.82, 2.24) is 10.6 Å². The number of hydrogen-bond donors (Lipinski definition) is 2. The molecule has 0 unspecified atom stereocenters. The number of ether oxygens (including phenoxy) is 1. The predicted octanol–water partition coefficient (Wildman–Crippen LogP) is 3.97. The van der Waals surface area contributed by atoms with E-state index in [0.717, 1.165) is 5.56 Å². The summed E-state index contributed by atoms with van der Waals surface area (Å²) in [7, 11) is 3.26. The van der Waals surface area contributed by atoms with Crippen LogP contribution in [0.3, 0.4) is 0 Å². The van der Waals surface area contributed by atoms with Crippen LogP contribution in [0.25, 0.3) is 0 Å². The Kier molecular flexibility index (Phi) is 8.84. The van der Waals surface area contributed by atoms with Crippen molar-refractivity contribution < 1.29 is 9.13 Å². The molecule has 2 rings (SSSR count). The van der Waals surface area contributed by atoms with E-state index in [1.54, 1.807) is 44.5 Å². The normalized spacial score (nSPS) is 10.8. The Labute approximate surface area is 163 Å². The van der Waals surface area contributed by atoms with Gasteiger partial charge in [-0.15, -0.1) is 24.0 Å². The van der Waals surface area contributed by atoms with Crippen molar-refractivity contribution in [2.24, 2.45) is 4.99 Å². The number of aliphatic imine (C=N–C) groups is 1. The van der Waals surface area contributed by atoms with Gasteiger partial charge in [-0.1, -0.05) is 35.9 Å². The lowest BCUT2D eigenvalue weighted by atomic mass is 10.2. The van der Waals surface area contributed by atoms with Gasteiger partial charge < -0.3 is 15.4 Å². The van der Waals surface area contributed by atoms with Gasteiger partial charge in [0.1, 0.15) is 11.6 Å². The molecule has 0 fully saturated rings. The van der Waals surface area contributed by atoms with E-state index in [-0.39, 0.29) is 29.8 Å². The maximum Gasteiger partial charge on any atom is 0.191 e. The number of methoxy groups -OCH3 is 1. The lowest BCUT2D eigenvalue weighted by Crippen LogP contribution is -2.36. The van der Waals surface area contributed by atoms with Crippen LogP contribution in [0.4, 0.5) is 4.39 Å². The van der Waals surface area contributed by atoms with Crippen LogP contribution in [0.15, 0.2) is 47.5 Å². The van der Waals surface area contributed by atoms with Crippen LogP contribution in [-0.2, 0) is 13.1 Å². The smallest absolute Gasteiger partial charge is 0.191 e. The maximum absolute atomic E-state index is 13.6. The van der Waals surface area contributed by atoms with Crippen molar-refractivity contribution in [1.29, 1.82) is 0 Å². The van der Waals surface area contributed by atoms with Gasteiger partial charge in [0.2, 0.25) is 0 Å². The molecule has 4 nitrogen and oxygen atoms in total. The molecule has 0 amide bonds. The zero-order chi connectivity index (χ0) is 16.7. The van der Waals surface area contributed by atoms with Crippen molar-refractivity contribution >= 4 is 41.5 Å².